The molecule has 148 valence electrons. The summed E-state index contributed by atoms with van der Waals surface area (Å²) in [6.45, 7) is 4.99. The van der Waals surface area contributed by atoms with E-state index < -0.39 is 11.6 Å². The van der Waals surface area contributed by atoms with Crippen LogP contribution < -0.4 is 5.32 Å². The van der Waals surface area contributed by atoms with Crippen LogP contribution in [0.1, 0.15) is 19.3 Å². The van der Waals surface area contributed by atoms with Gasteiger partial charge in [-0.15, -0.1) is 0 Å². The monoisotopic (exact) mass is 380 g/mol. The number of carbonyl (C=O) groups excluding carboxylic acids is 2. The van der Waals surface area contributed by atoms with Gasteiger partial charge in [0.1, 0.15) is 11.6 Å². The smallest absolute Gasteiger partial charge is 0.238 e. The summed E-state index contributed by atoms with van der Waals surface area (Å²) in [7, 11) is 0. The molecule has 8 heteroatoms. The van der Waals surface area contributed by atoms with E-state index in [2.05, 4.69) is 10.2 Å². The first kappa shape index (κ1) is 19.7. The van der Waals surface area contributed by atoms with E-state index >= 15 is 0 Å². The molecule has 2 aliphatic heterocycles. The maximum absolute atomic E-state index is 13.6. The summed E-state index contributed by atoms with van der Waals surface area (Å²) in [5.41, 5.74) is -0.147. The van der Waals surface area contributed by atoms with Crippen LogP contribution >= 0.6 is 0 Å². The highest BCUT2D eigenvalue weighted by Crippen LogP contribution is 2.15. The largest absolute Gasteiger partial charge is 0.342 e. The Morgan fingerprint density at radius 3 is 2.19 bits per heavy atom. The van der Waals surface area contributed by atoms with Crippen molar-refractivity contribution in [3.63, 3.8) is 0 Å². The standard InChI is InChI=1S/C19H26F2N4O2/c20-15-4-5-16(21)17(12-15)22-18(26)13-23-8-10-24(11-9-23)14-19(27)25-6-2-1-3-7-25/h4-5,12H,1-3,6-11,13-14H2,(H,22,26). The molecule has 0 unspecified atom stereocenters. The molecule has 1 aromatic rings. The summed E-state index contributed by atoms with van der Waals surface area (Å²) in [4.78, 5) is 30.4. The average molecular weight is 380 g/mol. The van der Waals surface area contributed by atoms with Crippen LogP contribution in [0.2, 0.25) is 0 Å². The molecule has 1 aromatic carbocycles. The molecule has 0 bridgehead atoms. The van der Waals surface area contributed by atoms with Crippen molar-refractivity contribution in [2.45, 2.75) is 19.3 Å². The molecule has 2 saturated heterocycles. The van der Waals surface area contributed by atoms with Gasteiger partial charge in [0, 0.05) is 45.3 Å². The molecular formula is C19H26F2N4O2. The number of benzene rings is 1. The lowest BCUT2D eigenvalue weighted by atomic mass is 10.1. The molecule has 3 rings (SSSR count). The summed E-state index contributed by atoms with van der Waals surface area (Å²) in [5, 5.41) is 2.41. The molecule has 2 heterocycles. The Morgan fingerprint density at radius 1 is 0.889 bits per heavy atom. The van der Waals surface area contributed by atoms with Gasteiger partial charge in [-0.2, -0.15) is 0 Å². The van der Waals surface area contributed by atoms with E-state index in [9.17, 15) is 18.4 Å². The summed E-state index contributed by atoms with van der Waals surface area (Å²) in [6, 6.07) is 2.97. The lowest BCUT2D eigenvalue weighted by Crippen LogP contribution is -2.51. The van der Waals surface area contributed by atoms with Gasteiger partial charge in [0.05, 0.1) is 18.8 Å². The minimum Gasteiger partial charge on any atom is -0.342 e. The Labute approximate surface area is 158 Å². The number of hydrogen-bond donors (Lipinski definition) is 1. The van der Waals surface area contributed by atoms with Gasteiger partial charge in [-0.1, -0.05) is 0 Å². The topological polar surface area (TPSA) is 55.9 Å². The summed E-state index contributed by atoms with van der Waals surface area (Å²) in [5.74, 6) is -1.45. The zero-order valence-electron chi connectivity index (χ0n) is 15.4. The normalized spacial score (nSPS) is 19.1. The van der Waals surface area contributed by atoms with Crippen LogP contribution in [0.5, 0.6) is 0 Å². The fraction of sp³-hybridized carbons (Fsp3) is 0.579. The van der Waals surface area contributed by atoms with E-state index in [-0.39, 0.29) is 24.0 Å². The number of nitrogens with one attached hydrogen (secondary N) is 1. The second-order valence-corrected chi connectivity index (χ2v) is 7.17. The third kappa shape index (κ3) is 5.71. The molecule has 0 atom stereocenters. The van der Waals surface area contributed by atoms with Gasteiger partial charge in [-0.25, -0.2) is 8.78 Å². The number of hydrogen-bond acceptors (Lipinski definition) is 4. The second-order valence-electron chi connectivity index (χ2n) is 7.17. The van der Waals surface area contributed by atoms with Crippen molar-refractivity contribution >= 4 is 17.5 Å². The van der Waals surface area contributed by atoms with Gasteiger partial charge in [-0.05, 0) is 31.4 Å². The van der Waals surface area contributed by atoms with E-state index in [0.29, 0.717) is 32.7 Å². The summed E-state index contributed by atoms with van der Waals surface area (Å²) >= 11 is 0. The van der Waals surface area contributed by atoms with Crippen LogP contribution in [0.4, 0.5) is 14.5 Å². The Balaban J connectivity index is 1.40. The molecule has 2 amide bonds. The van der Waals surface area contributed by atoms with Crippen LogP contribution in [0.3, 0.4) is 0 Å². The van der Waals surface area contributed by atoms with E-state index in [1.54, 1.807) is 0 Å². The van der Waals surface area contributed by atoms with Crippen LogP contribution in [-0.4, -0.2) is 78.9 Å². The zero-order valence-corrected chi connectivity index (χ0v) is 15.4. The first-order valence-corrected chi connectivity index (χ1v) is 9.48. The molecular weight excluding hydrogens is 354 g/mol. The maximum Gasteiger partial charge on any atom is 0.238 e. The SMILES string of the molecule is O=C(CN1CCN(CC(=O)N2CCCCC2)CC1)Nc1cc(F)ccc1F. The number of likely N-dealkylation sites (tertiary alicyclic amines) is 1. The van der Waals surface area contributed by atoms with Crippen molar-refractivity contribution in [3.8, 4) is 0 Å². The molecule has 0 saturated carbocycles. The molecule has 0 radical (unpaired) electrons. The van der Waals surface area contributed by atoms with Gasteiger partial charge in [0.2, 0.25) is 11.8 Å². The third-order valence-corrected chi connectivity index (χ3v) is 5.10. The second kappa shape index (κ2) is 9.23. The van der Waals surface area contributed by atoms with Crippen molar-refractivity contribution in [1.82, 2.24) is 14.7 Å². The lowest BCUT2D eigenvalue weighted by Gasteiger charge is -2.35. The van der Waals surface area contributed by atoms with Crippen molar-refractivity contribution in [1.29, 1.82) is 0 Å². The molecule has 6 nitrogen and oxygen atoms in total. The van der Waals surface area contributed by atoms with Crippen LogP contribution in [-0.2, 0) is 9.59 Å². The average Bonchev–Trinajstić information content (AvgIpc) is 2.67. The van der Waals surface area contributed by atoms with E-state index in [4.69, 9.17) is 0 Å². The Morgan fingerprint density at radius 2 is 1.52 bits per heavy atom. The number of anilines is 1. The fourth-order valence-corrected chi connectivity index (χ4v) is 3.53. The summed E-state index contributed by atoms with van der Waals surface area (Å²) < 4.78 is 26.8. The zero-order chi connectivity index (χ0) is 19.2. The quantitative estimate of drug-likeness (QED) is 0.842. The van der Waals surface area contributed by atoms with Gasteiger partial charge < -0.3 is 10.2 Å². The van der Waals surface area contributed by atoms with E-state index in [0.717, 1.165) is 44.1 Å². The number of amides is 2. The molecule has 0 aliphatic carbocycles. The van der Waals surface area contributed by atoms with E-state index in [1.807, 2.05) is 9.80 Å². The summed E-state index contributed by atoms with van der Waals surface area (Å²) in [6.07, 6.45) is 3.37. The van der Waals surface area contributed by atoms with Crippen molar-refractivity contribution in [2.24, 2.45) is 0 Å². The van der Waals surface area contributed by atoms with Gasteiger partial charge in [0.15, 0.2) is 0 Å². The van der Waals surface area contributed by atoms with Gasteiger partial charge in [-0.3, -0.25) is 19.4 Å². The van der Waals surface area contributed by atoms with Gasteiger partial charge in [0.25, 0.3) is 0 Å². The highest BCUT2D eigenvalue weighted by Gasteiger charge is 2.23. The Kier molecular flexibility index (Phi) is 6.73. The number of piperidine rings is 1. The first-order valence-electron chi connectivity index (χ1n) is 9.48. The lowest BCUT2D eigenvalue weighted by molar-refractivity contribution is -0.134. The molecule has 0 spiro atoms. The predicted molar refractivity (Wildman–Crippen MR) is 98.3 cm³/mol. The Hall–Kier alpha value is -2.06. The number of carbonyl (C=O) groups is 2. The Bertz CT molecular complexity index is 672. The van der Waals surface area contributed by atoms with Crippen molar-refractivity contribution in [2.75, 3.05) is 57.7 Å². The molecule has 27 heavy (non-hydrogen) atoms. The highest BCUT2D eigenvalue weighted by molar-refractivity contribution is 5.92. The van der Waals surface area contributed by atoms with Crippen LogP contribution in [0, 0.1) is 11.6 Å². The third-order valence-electron chi connectivity index (χ3n) is 5.10. The molecule has 2 aliphatic rings. The number of halogens is 2. The predicted octanol–water partition coefficient (Wildman–Crippen LogP) is 1.53. The number of nitrogens with zero attached hydrogens (tertiary/aromatic N) is 3. The van der Waals surface area contributed by atoms with Crippen LogP contribution in [0.15, 0.2) is 18.2 Å². The maximum atomic E-state index is 13.6. The van der Waals surface area contributed by atoms with Crippen molar-refractivity contribution < 1.29 is 18.4 Å². The molecule has 0 aromatic heterocycles. The number of rotatable bonds is 5. The first-order chi connectivity index (χ1) is 13.0. The fourth-order valence-electron chi connectivity index (χ4n) is 3.53. The molecule has 1 N–H and O–H groups in total. The molecule has 2 fully saturated rings. The minimum atomic E-state index is -0.661. The van der Waals surface area contributed by atoms with E-state index in [1.165, 1.54) is 6.42 Å². The van der Waals surface area contributed by atoms with Gasteiger partial charge >= 0.3 is 0 Å². The van der Waals surface area contributed by atoms with Crippen LogP contribution in [0.25, 0.3) is 0 Å². The minimum absolute atomic E-state index is 0.115. The highest BCUT2D eigenvalue weighted by atomic mass is 19.1. The van der Waals surface area contributed by atoms with Crippen molar-refractivity contribution in [3.05, 3.63) is 29.8 Å². The number of piperazine rings is 1.